The van der Waals surface area contributed by atoms with Gasteiger partial charge in [-0.25, -0.2) is 0 Å². The molecule has 2 rings (SSSR count). The number of hydrogen-bond acceptors (Lipinski definition) is 3. The molecular formula is C9H8O2S. The van der Waals surface area contributed by atoms with Gasteiger partial charge in [0, 0.05) is 12.0 Å². The van der Waals surface area contributed by atoms with Crippen molar-refractivity contribution < 1.29 is 9.53 Å². The molecule has 0 unspecified atom stereocenters. The first kappa shape index (κ1) is 7.55. The summed E-state index contributed by atoms with van der Waals surface area (Å²) in [4.78, 5) is 12.4. The van der Waals surface area contributed by atoms with Crippen molar-refractivity contribution in [1.29, 1.82) is 0 Å². The van der Waals surface area contributed by atoms with Gasteiger partial charge in [-0.1, -0.05) is 6.07 Å². The molecule has 0 bridgehead atoms. The highest BCUT2D eigenvalue weighted by molar-refractivity contribution is 7.12. The van der Waals surface area contributed by atoms with Crippen LogP contribution >= 0.6 is 11.3 Å². The van der Waals surface area contributed by atoms with Crippen LogP contribution in [0.4, 0.5) is 0 Å². The summed E-state index contributed by atoms with van der Waals surface area (Å²) in [6.45, 7) is 0.645. The van der Waals surface area contributed by atoms with E-state index in [-0.39, 0.29) is 5.78 Å². The van der Waals surface area contributed by atoms with Crippen LogP contribution in [-0.2, 0) is 4.74 Å². The van der Waals surface area contributed by atoms with Crippen molar-refractivity contribution in [3.63, 3.8) is 0 Å². The Morgan fingerprint density at radius 3 is 3.08 bits per heavy atom. The predicted octanol–water partition coefficient (Wildman–Crippen LogP) is 2.24. The number of ether oxygens (including phenoxy) is 1. The lowest BCUT2D eigenvalue weighted by Crippen LogP contribution is -1.98. The quantitative estimate of drug-likeness (QED) is 0.652. The molecule has 0 radical (unpaired) electrons. The molecule has 1 aromatic rings. The van der Waals surface area contributed by atoms with E-state index in [4.69, 9.17) is 4.74 Å². The zero-order valence-corrected chi connectivity index (χ0v) is 7.26. The Morgan fingerprint density at radius 1 is 1.58 bits per heavy atom. The fourth-order valence-electron chi connectivity index (χ4n) is 1.12. The predicted molar refractivity (Wildman–Crippen MR) is 47.3 cm³/mol. The zero-order valence-electron chi connectivity index (χ0n) is 6.45. The first-order chi connectivity index (χ1) is 5.88. The van der Waals surface area contributed by atoms with Crippen molar-refractivity contribution in [1.82, 2.24) is 0 Å². The molecule has 0 amide bonds. The van der Waals surface area contributed by atoms with Crippen LogP contribution < -0.4 is 0 Å². The van der Waals surface area contributed by atoms with Crippen LogP contribution in [0.1, 0.15) is 16.1 Å². The first-order valence-electron chi connectivity index (χ1n) is 3.77. The standard InChI is InChI=1S/C9H8O2S/c10-9(7-3-4-11-6-7)8-2-1-5-12-8/h1-2,5-6H,3-4H2. The van der Waals surface area contributed by atoms with Crippen molar-refractivity contribution in [2.45, 2.75) is 6.42 Å². The van der Waals surface area contributed by atoms with E-state index >= 15 is 0 Å². The van der Waals surface area contributed by atoms with Crippen LogP contribution in [0.5, 0.6) is 0 Å². The summed E-state index contributed by atoms with van der Waals surface area (Å²) in [5, 5.41) is 1.91. The molecule has 0 fully saturated rings. The van der Waals surface area contributed by atoms with Gasteiger partial charge in [-0.15, -0.1) is 11.3 Å². The fraction of sp³-hybridized carbons (Fsp3) is 0.222. The average Bonchev–Trinajstić information content (AvgIpc) is 2.77. The van der Waals surface area contributed by atoms with Gasteiger partial charge in [-0.05, 0) is 11.4 Å². The molecule has 0 N–H and O–H groups in total. The normalized spacial score (nSPS) is 15.5. The Kier molecular flexibility index (Phi) is 1.96. The molecule has 0 aliphatic carbocycles. The van der Waals surface area contributed by atoms with Gasteiger partial charge in [0.25, 0.3) is 0 Å². The van der Waals surface area contributed by atoms with Crippen LogP contribution in [0.3, 0.4) is 0 Å². The van der Waals surface area contributed by atoms with Gasteiger partial charge in [0.15, 0.2) is 0 Å². The minimum Gasteiger partial charge on any atom is -0.500 e. The number of carbonyl (C=O) groups is 1. The second kappa shape index (κ2) is 3.11. The van der Waals surface area contributed by atoms with Crippen LogP contribution in [-0.4, -0.2) is 12.4 Å². The topological polar surface area (TPSA) is 26.3 Å². The zero-order chi connectivity index (χ0) is 8.39. The van der Waals surface area contributed by atoms with Crippen molar-refractivity contribution in [3.05, 3.63) is 34.2 Å². The lowest BCUT2D eigenvalue weighted by Gasteiger charge is -1.93. The Hall–Kier alpha value is -1.09. The fourth-order valence-corrected chi connectivity index (χ4v) is 1.82. The van der Waals surface area contributed by atoms with Crippen LogP contribution in [0.25, 0.3) is 0 Å². The maximum absolute atomic E-state index is 11.6. The second-order valence-corrected chi connectivity index (χ2v) is 3.52. The van der Waals surface area contributed by atoms with Crippen LogP contribution in [0.2, 0.25) is 0 Å². The minimum absolute atomic E-state index is 0.113. The number of carbonyl (C=O) groups excluding carboxylic acids is 1. The molecule has 1 aromatic heterocycles. The van der Waals surface area contributed by atoms with Crippen LogP contribution in [0, 0.1) is 0 Å². The Labute approximate surface area is 74.5 Å². The molecule has 3 heteroatoms. The van der Waals surface area contributed by atoms with E-state index in [2.05, 4.69) is 0 Å². The molecule has 2 nitrogen and oxygen atoms in total. The molecule has 2 heterocycles. The third-order valence-corrected chi connectivity index (χ3v) is 2.62. The maximum atomic E-state index is 11.6. The van der Waals surface area contributed by atoms with Gasteiger partial charge >= 0.3 is 0 Å². The van der Waals surface area contributed by atoms with Crippen molar-refractivity contribution in [3.8, 4) is 0 Å². The molecule has 0 saturated carbocycles. The summed E-state index contributed by atoms with van der Waals surface area (Å²) < 4.78 is 5.00. The summed E-state index contributed by atoms with van der Waals surface area (Å²) in [5.74, 6) is 0.113. The molecule has 0 spiro atoms. The highest BCUT2D eigenvalue weighted by atomic mass is 32.1. The summed E-state index contributed by atoms with van der Waals surface area (Å²) in [7, 11) is 0. The van der Waals surface area contributed by atoms with E-state index < -0.39 is 0 Å². The second-order valence-electron chi connectivity index (χ2n) is 2.57. The minimum atomic E-state index is 0.113. The lowest BCUT2D eigenvalue weighted by atomic mass is 10.1. The first-order valence-corrected chi connectivity index (χ1v) is 4.65. The Bertz CT molecular complexity index is 311. The molecule has 1 aliphatic heterocycles. The van der Waals surface area contributed by atoms with E-state index in [1.165, 1.54) is 11.3 Å². The molecule has 0 aromatic carbocycles. The van der Waals surface area contributed by atoms with E-state index in [1.807, 2.05) is 17.5 Å². The van der Waals surface area contributed by atoms with Crippen molar-refractivity contribution in [2.24, 2.45) is 0 Å². The number of Topliss-reactive ketones (excluding diaryl/α,β-unsaturated/α-hetero) is 1. The third-order valence-electron chi connectivity index (χ3n) is 1.75. The van der Waals surface area contributed by atoms with Gasteiger partial charge in [0.05, 0.1) is 17.7 Å². The summed E-state index contributed by atoms with van der Waals surface area (Å²) >= 11 is 1.47. The average molecular weight is 180 g/mol. The van der Waals surface area contributed by atoms with Gasteiger partial charge in [0.2, 0.25) is 5.78 Å². The van der Waals surface area contributed by atoms with E-state index in [1.54, 1.807) is 6.26 Å². The summed E-state index contributed by atoms with van der Waals surface area (Å²) in [5.41, 5.74) is 0.789. The van der Waals surface area contributed by atoms with Gasteiger partial charge < -0.3 is 4.74 Å². The largest absolute Gasteiger partial charge is 0.500 e. The molecule has 0 atom stereocenters. The van der Waals surface area contributed by atoms with Gasteiger partial charge in [0.1, 0.15) is 0 Å². The van der Waals surface area contributed by atoms with E-state index in [0.29, 0.717) is 6.61 Å². The number of hydrogen-bond donors (Lipinski definition) is 0. The molecule has 0 saturated heterocycles. The number of thiophene rings is 1. The van der Waals surface area contributed by atoms with E-state index in [9.17, 15) is 4.79 Å². The number of ketones is 1. The highest BCUT2D eigenvalue weighted by Crippen LogP contribution is 2.19. The molecule has 12 heavy (non-hydrogen) atoms. The smallest absolute Gasteiger partial charge is 0.202 e. The van der Waals surface area contributed by atoms with Gasteiger partial charge in [-0.2, -0.15) is 0 Å². The Balaban J connectivity index is 2.20. The molecular weight excluding hydrogens is 172 g/mol. The van der Waals surface area contributed by atoms with Gasteiger partial charge in [-0.3, -0.25) is 4.79 Å². The van der Waals surface area contributed by atoms with Crippen LogP contribution in [0.15, 0.2) is 29.3 Å². The van der Waals surface area contributed by atoms with E-state index in [0.717, 1.165) is 16.9 Å². The Morgan fingerprint density at radius 2 is 2.50 bits per heavy atom. The SMILES string of the molecule is O=C(C1=COCC1)c1cccs1. The number of rotatable bonds is 2. The summed E-state index contributed by atoms with van der Waals surface area (Å²) in [6.07, 6.45) is 2.32. The monoisotopic (exact) mass is 180 g/mol. The van der Waals surface area contributed by atoms with Crippen molar-refractivity contribution >= 4 is 17.1 Å². The summed E-state index contributed by atoms with van der Waals surface area (Å²) in [6, 6.07) is 3.72. The lowest BCUT2D eigenvalue weighted by molar-refractivity contribution is 0.103. The highest BCUT2D eigenvalue weighted by Gasteiger charge is 2.16. The third kappa shape index (κ3) is 1.28. The van der Waals surface area contributed by atoms with Crippen molar-refractivity contribution in [2.75, 3.05) is 6.61 Å². The molecule has 1 aliphatic rings. The maximum Gasteiger partial charge on any atom is 0.202 e. The molecule has 62 valence electrons.